The van der Waals surface area contributed by atoms with Gasteiger partial charge < -0.3 is 10.0 Å². The van der Waals surface area contributed by atoms with Gasteiger partial charge in [-0.05, 0) is 42.9 Å². The van der Waals surface area contributed by atoms with Gasteiger partial charge in [0.05, 0.1) is 5.92 Å². The third-order valence-corrected chi connectivity index (χ3v) is 4.35. The molecule has 1 N–H and O–H groups in total. The van der Waals surface area contributed by atoms with E-state index in [1.54, 1.807) is 22.3 Å². The summed E-state index contributed by atoms with van der Waals surface area (Å²) in [5.74, 6) is -1.33. The molecule has 0 radical (unpaired) electrons. The van der Waals surface area contributed by atoms with Crippen LogP contribution < -0.4 is 0 Å². The molecule has 1 aromatic rings. The second-order valence-electron chi connectivity index (χ2n) is 4.76. The van der Waals surface area contributed by atoms with Gasteiger partial charge in [-0.1, -0.05) is 0 Å². The van der Waals surface area contributed by atoms with Gasteiger partial charge in [-0.2, -0.15) is 0 Å². The molecule has 1 atom stereocenters. The Hall–Kier alpha value is -1.62. The first kappa shape index (κ1) is 13.8. The van der Waals surface area contributed by atoms with Crippen LogP contribution in [0.5, 0.6) is 0 Å². The molecule has 1 saturated heterocycles. The van der Waals surface area contributed by atoms with E-state index in [4.69, 9.17) is 5.11 Å². The van der Waals surface area contributed by atoms with Gasteiger partial charge >= 0.3 is 5.97 Å². The summed E-state index contributed by atoms with van der Waals surface area (Å²) < 4.78 is 0. The van der Waals surface area contributed by atoms with Crippen molar-refractivity contribution in [3.63, 3.8) is 0 Å². The van der Waals surface area contributed by atoms with Gasteiger partial charge in [0.15, 0.2) is 0 Å². The number of rotatable bonds is 3. The number of piperidine rings is 1. The zero-order valence-electron chi connectivity index (χ0n) is 10.8. The van der Waals surface area contributed by atoms with E-state index < -0.39 is 11.9 Å². The summed E-state index contributed by atoms with van der Waals surface area (Å²) in [6, 6.07) is 2.01. The Kier molecular flexibility index (Phi) is 4.37. The van der Waals surface area contributed by atoms with Crippen molar-refractivity contribution < 1.29 is 14.7 Å². The summed E-state index contributed by atoms with van der Waals surface area (Å²) in [7, 11) is 0. The Labute approximate surface area is 116 Å². The molecule has 1 aromatic heterocycles. The van der Waals surface area contributed by atoms with Crippen molar-refractivity contribution in [3.05, 3.63) is 28.0 Å². The zero-order chi connectivity index (χ0) is 13.8. The minimum atomic E-state index is -0.810. The Morgan fingerprint density at radius 1 is 1.53 bits per heavy atom. The summed E-state index contributed by atoms with van der Waals surface area (Å²) in [6.45, 7) is 2.97. The van der Waals surface area contributed by atoms with Crippen LogP contribution in [0, 0.1) is 12.8 Å². The molecule has 1 aliphatic heterocycles. The molecule has 102 valence electrons. The second kappa shape index (κ2) is 6.02. The lowest BCUT2D eigenvalue weighted by Gasteiger charge is -2.29. The molecule has 1 fully saturated rings. The normalized spacial score (nSPS) is 19.8. The summed E-state index contributed by atoms with van der Waals surface area (Å²) in [6.07, 6.45) is 4.78. The number of amides is 1. The van der Waals surface area contributed by atoms with E-state index in [0.717, 1.165) is 16.9 Å². The van der Waals surface area contributed by atoms with Crippen LogP contribution in [0.25, 0.3) is 6.08 Å². The number of likely N-dealkylation sites (tertiary alicyclic amines) is 1. The number of thiophene rings is 1. The Balaban J connectivity index is 1.98. The predicted molar refractivity (Wildman–Crippen MR) is 75.0 cm³/mol. The number of carboxylic acid groups (broad SMARTS) is 1. The average molecular weight is 279 g/mol. The van der Waals surface area contributed by atoms with Crippen molar-refractivity contribution in [2.24, 2.45) is 5.92 Å². The van der Waals surface area contributed by atoms with E-state index in [-0.39, 0.29) is 5.91 Å². The highest BCUT2D eigenvalue weighted by atomic mass is 32.1. The minimum Gasteiger partial charge on any atom is -0.481 e. The van der Waals surface area contributed by atoms with Crippen LogP contribution >= 0.6 is 11.3 Å². The number of aryl methyl sites for hydroxylation is 1. The second-order valence-corrected chi connectivity index (χ2v) is 5.71. The number of aliphatic carboxylic acids is 1. The zero-order valence-corrected chi connectivity index (χ0v) is 11.7. The Morgan fingerprint density at radius 2 is 2.32 bits per heavy atom. The predicted octanol–water partition coefficient (Wildman–Crippen LogP) is 2.39. The fourth-order valence-electron chi connectivity index (χ4n) is 2.19. The van der Waals surface area contributed by atoms with Crippen molar-refractivity contribution in [2.75, 3.05) is 13.1 Å². The van der Waals surface area contributed by atoms with Gasteiger partial charge in [0.25, 0.3) is 0 Å². The van der Waals surface area contributed by atoms with Crippen LogP contribution in [0.15, 0.2) is 17.5 Å². The summed E-state index contributed by atoms with van der Waals surface area (Å²) in [5, 5.41) is 11.0. The molecule has 2 heterocycles. The third-order valence-electron chi connectivity index (χ3n) is 3.36. The van der Waals surface area contributed by atoms with E-state index in [2.05, 4.69) is 0 Å². The first-order valence-electron chi connectivity index (χ1n) is 6.32. The fraction of sp³-hybridized carbons (Fsp3) is 0.429. The van der Waals surface area contributed by atoms with Gasteiger partial charge in [-0.15, -0.1) is 11.3 Å². The van der Waals surface area contributed by atoms with Crippen LogP contribution in [0.2, 0.25) is 0 Å². The molecule has 0 bridgehead atoms. The molecule has 0 aromatic carbocycles. The lowest BCUT2D eigenvalue weighted by Crippen LogP contribution is -2.41. The lowest BCUT2D eigenvalue weighted by atomic mass is 9.98. The molecule has 4 nitrogen and oxygen atoms in total. The summed E-state index contributed by atoms with van der Waals surface area (Å²) in [5.41, 5.74) is 1.15. The quantitative estimate of drug-likeness (QED) is 0.864. The largest absolute Gasteiger partial charge is 0.481 e. The van der Waals surface area contributed by atoms with E-state index in [9.17, 15) is 9.59 Å². The molecular weight excluding hydrogens is 262 g/mol. The van der Waals surface area contributed by atoms with Crippen molar-refractivity contribution in [1.82, 2.24) is 4.90 Å². The molecule has 0 saturated carbocycles. The SMILES string of the molecule is Cc1ccsc1/C=C/C(=O)N1CCC[C@@H](C(=O)O)C1. The maximum Gasteiger partial charge on any atom is 0.308 e. The number of carbonyl (C=O) groups excluding carboxylic acids is 1. The highest BCUT2D eigenvalue weighted by Gasteiger charge is 2.27. The highest BCUT2D eigenvalue weighted by molar-refractivity contribution is 7.11. The molecule has 0 spiro atoms. The van der Waals surface area contributed by atoms with Crippen LogP contribution in [0.3, 0.4) is 0 Å². The maximum atomic E-state index is 12.0. The van der Waals surface area contributed by atoms with E-state index >= 15 is 0 Å². The van der Waals surface area contributed by atoms with Crippen LogP contribution in [-0.4, -0.2) is 35.0 Å². The number of hydrogen-bond acceptors (Lipinski definition) is 3. The average Bonchev–Trinajstić information content (AvgIpc) is 2.81. The van der Waals surface area contributed by atoms with Gasteiger partial charge in [0.1, 0.15) is 0 Å². The van der Waals surface area contributed by atoms with Crippen LogP contribution in [0.4, 0.5) is 0 Å². The lowest BCUT2D eigenvalue weighted by molar-refractivity contribution is -0.144. The van der Waals surface area contributed by atoms with Crippen molar-refractivity contribution in [3.8, 4) is 0 Å². The van der Waals surface area contributed by atoms with Gasteiger partial charge in [-0.25, -0.2) is 0 Å². The Bertz CT molecular complexity index is 507. The van der Waals surface area contributed by atoms with Gasteiger partial charge in [0, 0.05) is 24.0 Å². The molecule has 1 aliphatic rings. The maximum absolute atomic E-state index is 12.0. The van der Waals surface area contributed by atoms with E-state index in [0.29, 0.717) is 19.5 Å². The first-order chi connectivity index (χ1) is 9.08. The van der Waals surface area contributed by atoms with E-state index in [1.807, 2.05) is 24.4 Å². The number of carboxylic acids is 1. The first-order valence-corrected chi connectivity index (χ1v) is 7.20. The van der Waals surface area contributed by atoms with Crippen molar-refractivity contribution in [1.29, 1.82) is 0 Å². The highest BCUT2D eigenvalue weighted by Crippen LogP contribution is 2.19. The smallest absolute Gasteiger partial charge is 0.308 e. The monoisotopic (exact) mass is 279 g/mol. The summed E-state index contributed by atoms with van der Waals surface area (Å²) in [4.78, 5) is 25.7. The number of hydrogen-bond donors (Lipinski definition) is 1. The summed E-state index contributed by atoms with van der Waals surface area (Å²) >= 11 is 1.59. The molecular formula is C14H17NO3S. The molecule has 2 rings (SSSR count). The van der Waals surface area contributed by atoms with Gasteiger partial charge in [-0.3, -0.25) is 9.59 Å². The third kappa shape index (κ3) is 3.44. The minimum absolute atomic E-state index is 0.0984. The van der Waals surface area contributed by atoms with E-state index in [1.165, 1.54) is 0 Å². The number of carbonyl (C=O) groups is 2. The van der Waals surface area contributed by atoms with Crippen molar-refractivity contribution >= 4 is 29.3 Å². The molecule has 5 heteroatoms. The topological polar surface area (TPSA) is 57.6 Å². The standard InChI is InChI=1S/C14H17NO3S/c1-10-6-8-19-12(10)4-5-13(16)15-7-2-3-11(9-15)14(17)18/h4-6,8,11H,2-3,7,9H2,1H3,(H,17,18)/b5-4+/t11-/m1/s1. The molecule has 19 heavy (non-hydrogen) atoms. The van der Waals surface area contributed by atoms with Crippen molar-refractivity contribution in [2.45, 2.75) is 19.8 Å². The molecule has 0 aliphatic carbocycles. The van der Waals surface area contributed by atoms with Crippen LogP contribution in [0.1, 0.15) is 23.3 Å². The Morgan fingerprint density at radius 3 is 2.95 bits per heavy atom. The van der Waals surface area contributed by atoms with Crippen LogP contribution in [-0.2, 0) is 9.59 Å². The number of nitrogens with zero attached hydrogens (tertiary/aromatic N) is 1. The molecule has 1 amide bonds. The fourth-order valence-corrected chi connectivity index (χ4v) is 3.01. The van der Waals surface area contributed by atoms with Gasteiger partial charge in [0.2, 0.25) is 5.91 Å². The molecule has 0 unspecified atom stereocenters.